The van der Waals surface area contributed by atoms with Crippen molar-refractivity contribution in [3.63, 3.8) is 0 Å². The summed E-state index contributed by atoms with van der Waals surface area (Å²) in [5, 5.41) is 26.5. The number of nitrogens with zero attached hydrogens (tertiary/aromatic N) is 7. The van der Waals surface area contributed by atoms with E-state index in [4.69, 9.17) is 29.2 Å². The quantitative estimate of drug-likeness (QED) is 0.127. The molecule has 2 aliphatic heterocycles. The van der Waals surface area contributed by atoms with Crippen LogP contribution < -0.4 is 10.6 Å². The van der Waals surface area contributed by atoms with Gasteiger partial charge in [0.1, 0.15) is 18.0 Å². The Kier molecular flexibility index (Phi) is 10.0. The zero-order chi connectivity index (χ0) is 33.6. The molecule has 5 aromatic rings. The van der Waals surface area contributed by atoms with Crippen molar-refractivity contribution in [3.05, 3.63) is 89.8 Å². The van der Waals surface area contributed by atoms with Crippen LogP contribution >= 0.6 is 0 Å². The highest BCUT2D eigenvalue weighted by molar-refractivity contribution is 5.84. The molecule has 0 amide bonds. The molecule has 0 saturated carbocycles. The van der Waals surface area contributed by atoms with Crippen molar-refractivity contribution in [2.75, 3.05) is 56.6 Å². The van der Waals surface area contributed by atoms with Crippen molar-refractivity contribution >= 4 is 29.4 Å². The number of carbonyl (C=O) groups excluding carboxylic acids is 1. The molecule has 2 aromatic carbocycles. The van der Waals surface area contributed by atoms with E-state index >= 15 is 0 Å². The minimum atomic E-state index is -1.23. The predicted molar refractivity (Wildman–Crippen MR) is 180 cm³/mol. The Balaban J connectivity index is 1.22. The van der Waals surface area contributed by atoms with E-state index in [1.807, 2.05) is 43.3 Å². The number of aromatic amines is 1. The maximum Gasteiger partial charge on any atom is 0.293 e. The van der Waals surface area contributed by atoms with Gasteiger partial charge >= 0.3 is 0 Å². The number of anilines is 2. The fourth-order valence-corrected chi connectivity index (χ4v) is 6.36. The summed E-state index contributed by atoms with van der Waals surface area (Å²) >= 11 is 0. The highest BCUT2D eigenvalue weighted by Crippen LogP contribution is 2.40. The van der Waals surface area contributed by atoms with E-state index in [-0.39, 0.29) is 5.92 Å². The van der Waals surface area contributed by atoms with Crippen molar-refractivity contribution in [3.8, 4) is 0 Å². The summed E-state index contributed by atoms with van der Waals surface area (Å²) in [6, 6.07) is 20.6. The van der Waals surface area contributed by atoms with Gasteiger partial charge in [-0.2, -0.15) is 9.97 Å². The molecule has 15 heteroatoms. The van der Waals surface area contributed by atoms with Gasteiger partial charge in [-0.3, -0.25) is 14.3 Å². The second-order valence-electron chi connectivity index (χ2n) is 12.0. The number of aromatic nitrogens is 7. The molecule has 0 unspecified atom stereocenters. The lowest BCUT2D eigenvalue weighted by molar-refractivity contribution is -0.142. The highest BCUT2D eigenvalue weighted by atomic mass is 16.6. The first kappa shape index (κ1) is 32.6. The van der Waals surface area contributed by atoms with E-state index < -0.39 is 24.5 Å². The van der Waals surface area contributed by atoms with Crippen LogP contribution in [0.15, 0.2) is 67.0 Å². The molecule has 2 fully saturated rings. The van der Waals surface area contributed by atoms with Crippen LogP contribution in [0.2, 0.25) is 0 Å². The summed E-state index contributed by atoms with van der Waals surface area (Å²) in [6.45, 7) is 7.34. The van der Waals surface area contributed by atoms with Crippen LogP contribution in [-0.2, 0) is 25.4 Å². The van der Waals surface area contributed by atoms with E-state index in [1.165, 1.54) is 0 Å². The molecule has 0 aliphatic carbocycles. The number of nitrogens with one attached hydrogen (secondary N) is 3. The number of ether oxygens (including phenoxy) is 3. The monoisotopic (exact) mass is 668 g/mol. The topological polar surface area (TPSA) is 177 Å². The molecule has 7 rings (SSSR count). The van der Waals surface area contributed by atoms with E-state index in [1.54, 1.807) is 10.9 Å². The number of imidazole rings is 1. The number of aliphatic hydroxyl groups is 1. The average molecular weight is 669 g/mol. The normalized spacial score (nSPS) is 21.3. The largest absolute Gasteiger partial charge is 0.457 e. The molecule has 256 valence electrons. The maximum atomic E-state index is 11.6. The minimum Gasteiger partial charge on any atom is -0.457 e. The summed E-state index contributed by atoms with van der Waals surface area (Å²) < 4.78 is 18.9. The molecule has 2 saturated heterocycles. The summed E-state index contributed by atoms with van der Waals surface area (Å²) in [5.41, 5.74) is 3.25. The van der Waals surface area contributed by atoms with Crippen LogP contribution in [0.4, 0.5) is 11.8 Å². The number of aliphatic hydroxyl groups excluding tert-OH is 1. The molecule has 0 radical (unpaired) electrons. The number of fused-ring (bicyclic) bond motifs is 1. The van der Waals surface area contributed by atoms with Gasteiger partial charge in [0.25, 0.3) is 6.47 Å². The molecule has 49 heavy (non-hydrogen) atoms. The van der Waals surface area contributed by atoms with Gasteiger partial charge in [0.2, 0.25) is 5.95 Å². The number of morpholine rings is 1. The molecule has 0 spiro atoms. The van der Waals surface area contributed by atoms with E-state index in [2.05, 4.69) is 55.0 Å². The van der Waals surface area contributed by atoms with Gasteiger partial charge in [-0.1, -0.05) is 67.6 Å². The number of carbonyl (C=O) groups is 1. The first-order chi connectivity index (χ1) is 24.1. The van der Waals surface area contributed by atoms with E-state index in [9.17, 15) is 9.90 Å². The third-order valence-electron chi connectivity index (χ3n) is 8.97. The zero-order valence-electron chi connectivity index (χ0n) is 27.2. The van der Waals surface area contributed by atoms with Crippen molar-refractivity contribution in [2.45, 2.75) is 43.8 Å². The lowest BCUT2D eigenvalue weighted by Gasteiger charge is -2.26. The van der Waals surface area contributed by atoms with Crippen molar-refractivity contribution in [2.24, 2.45) is 0 Å². The Hall–Kier alpha value is -4.96. The maximum absolute atomic E-state index is 11.6. The second kappa shape index (κ2) is 15.1. The van der Waals surface area contributed by atoms with Gasteiger partial charge < -0.3 is 34.9 Å². The molecule has 4 N–H and O–H groups in total. The molecule has 0 bridgehead atoms. The summed E-state index contributed by atoms with van der Waals surface area (Å²) in [6.07, 6.45) is -2.00. The van der Waals surface area contributed by atoms with Crippen LogP contribution in [-0.4, -0.2) is 109 Å². The van der Waals surface area contributed by atoms with E-state index in [0.29, 0.717) is 73.8 Å². The number of rotatable bonds is 14. The Morgan fingerprint density at radius 1 is 1.04 bits per heavy atom. The number of aryl methyl sites for hydroxylation is 1. The number of H-pyrrole nitrogens is 1. The lowest BCUT2D eigenvalue weighted by atomic mass is 9.91. The molecule has 15 nitrogen and oxygen atoms in total. The van der Waals surface area contributed by atoms with Gasteiger partial charge in [0.05, 0.1) is 19.5 Å². The van der Waals surface area contributed by atoms with Gasteiger partial charge in [0, 0.05) is 45.1 Å². The second-order valence-corrected chi connectivity index (χ2v) is 12.0. The fourth-order valence-electron chi connectivity index (χ4n) is 6.36. The summed E-state index contributed by atoms with van der Waals surface area (Å²) in [7, 11) is 0. The van der Waals surface area contributed by atoms with Gasteiger partial charge in [0.15, 0.2) is 35.1 Å². The molecular weight excluding hydrogens is 628 g/mol. The highest BCUT2D eigenvalue weighted by Gasteiger charge is 2.49. The van der Waals surface area contributed by atoms with Crippen LogP contribution in [0.5, 0.6) is 0 Å². The van der Waals surface area contributed by atoms with Gasteiger partial charge in [-0.15, -0.1) is 10.2 Å². The molecule has 2 aliphatic rings. The molecule has 5 heterocycles. The van der Waals surface area contributed by atoms with E-state index in [0.717, 1.165) is 30.8 Å². The number of benzene rings is 2. The minimum absolute atomic E-state index is 0.0293. The van der Waals surface area contributed by atoms with Gasteiger partial charge in [-0.05, 0) is 11.1 Å². The third kappa shape index (κ3) is 7.10. The van der Waals surface area contributed by atoms with Crippen molar-refractivity contribution in [1.29, 1.82) is 0 Å². The lowest BCUT2D eigenvalue weighted by Crippen LogP contribution is -2.39. The molecule has 3 aromatic heterocycles. The van der Waals surface area contributed by atoms with Crippen LogP contribution in [0.3, 0.4) is 0 Å². The smallest absolute Gasteiger partial charge is 0.293 e. The Labute approximate surface area is 283 Å². The summed E-state index contributed by atoms with van der Waals surface area (Å²) in [4.78, 5) is 31.5. The SMILES string of the molecule is CCc1nnc([C@H]2O[C@@H](n3cnc4c(NCC(c5ccccc5)c5ccccc5)nc(NCCN5CCOCC5)nc43)[C@H](OC=O)[C@@H]2O)[nH]1. The number of hydrogen-bond donors (Lipinski definition) is 4. The van der Waals surface area contributed by atoms with Crippen molar-refractivity contribution < 1.29 is 24.1 Å². The zero-order valence-corrected chi connectivity index (χ0v) is 27.2. The van der Waals surface area contributed by atoms with Crippen LogP contribution in [0.25, 0.3) is 11.2 Å². The predicted octanol–water partition coefficient (Wildman–Crippen LogP) is 2.67. The van der Waals surface area contributed by atoms with Gasteiger partial charge in [-0.25, -0.2) is 4.98 Å². The number of hydrogen-bond acceptors (Lipinski definition) is 13. The first-order valence-corrected chi connectivity index (χ1v) is 16.6. The van der Waals surface area contributed by atoms with Crippen molar-refractivity contribution in [1.82, 2.24) is 39.6 Å². The first-order valence-electron chi connectivity index (χ1n) is 16.6. The third-order valence-corrected chi connectivity index (χ3v) is 8.97. The standard InChI is InChI=1S/C34H40N10O5/c1-2-25-38-31(42-41-25)28-27(46)29(48-21-45)33(49-28)44-20-37-26-30(39-34(40-32(26)44)35-13-14-43-15-17-47-18-16-43)36-19-24(22-9-5-3-6-10-22)23-11-7-4-8-12-23/h3-12,20-21,24,27-29,33,46H,2,13-19H2,1H3,(H,38,41,42)(H2,35,36,39,40)/t27-,28+,29-,33-/m1/s1. The van der Waals surface area contributed by atoms with Crippen LogP contribution in [0.1, 0.15) is 47.9 Å². The molecular formula is C34H40N10O5. The summed E-state index contributed by atoms with van der Waals surface area (Å²) in [5.74, 6) is 1.94. The Morgan fingerprint density at radius 2 is 1.78 bits per heavy atom. The Morgan fingerprint density at radius 3 is 2.45 bits per heavy atom. The Bertz CT molecular complexity index is 1770. The fraction of sp³-hybridized carbons (Fsp3) is 0.412. The molecule has 4 atom stereocenters. The average Bonchev–Trinajstić information content (AvgIpc) is 3.88. The van der Waals surface area contributed by atoms with Crippen LogP contribution in [0, 0.1) is 0 Å².